The van der Waals surface area contributed by atoms with Gasteiger partial charge in [-0.25, -0.2) is 4.79 Å². The van der Waals surface area contributed by atoms with Gasteiger partial charge in [0.05, 0.1) is 18.4 Å². The molecule has 0 saturated carbocycles. The van der Waals surface area contributed by atoms with Gasteiger partial charge in [0.1, 0.15) is 0 Å². The lowest BCUT2D eigenvalue weighted by molar-refractivity contribution is 0.0599. The Morgan fingerprint density at radius 1 is 1.24 bits per heavy atom. The van der Waals surface area contributed by atoms with Crippen molar-refractivity contribution in [2.75, 3.05) is 7.11 Å². The number of aryl methyl sites for hydroxylation is 1. The van der Waals surface area contributed by atoms with Gasteiger partial charge in [0, 0.05) is 6.20 Å². The third-order valence-corrected chi connectivity index (χ3v) is 5.49. The van der Waals surface area contributed by atoms with Gasteiger partial charge in [0.15, 0.2) is 0 Å². The van der Waals surface area contributed by atoms with E-state index in [1.807, 2.05) is 0 Å². The number of fused-ring (bicyclic) bond motifs is 2. The molecule has 1 heterocycles. The zero-order valence-electron chi connectivity index (χ0n) is 14.6. The number of aromatic nitrogens is 1. The normalized spacial score (nSPS) is 18.8. The van der Waals surface area contributed by atoms with E-state index >= 15 is 0 Å². The number of ether oxygens (including phenoxy) is 1. The molecule has 1 aromatic carbocycles. The van der Waals surface area contributed by atoms with Crippen molar-refractivity contribution in [3.8, 4) is 0 Å². The molecule has 0 amide bonds. The summed E-state index contributed by atoms with van der Waals surface area (Å²) >= 11 is 0. The zero-order valence-corrected chi connectivity index (χ0v) is 14.6. The Kier molecular flexibility index (Phi) is 4.39. The van der Waals surface area contributed by atoms with Gasteiger partial charge >= 0.3 is 5.97 Å². The minimum absolute atomic E-state index is 0.270. The van der Waals surface area contributed by atoms with Crippen LogP contribution in [0.15, 0.2) is 42.1 Å². The molecular weight excluding hydrogens is 310 g/mol. The first-order valence-corrected chi connectivity index (χ1v) is 9.09. The number of hydrogen-bond acceptors (Lipinski definition) is 3. The average molecular weight is 333 g/mol. The van der Waals surface area contributed by atoms with E-state index in [1.54, 1.807) is 12.3 Å². The second kappa shape index (κ2) is 6.83. The fourth-order valence-electron chi connectivity index (χ4n) is 4.27. The summed E-state index contributed by atoms with van der Waals surface area (Å²) in [6, 6.07) is 10.7. The quantitative estimate of drug-likeness (QED) is 0.603. The van der Waals surface area contributed by atoms with Crippen LogP contribution in [0.2, 0.25) is 0 Å². The molecule has 0 N–H and O–H groups in total. The van der Waals surface area contributed by atoms with Crippen LogP contribution in [0.5, 0.6) is 0 Å². The minimum Gasteiger partial charge on any atom is -0.465 e. The van der Waals surface area contributed by atoms with E-state index in [2.05, 4.69) is 35.3 Å². The van der Waals surface area contributed by atoms with Crippen LogP contribution in [0.25, 0.3) is 6.08 Å². The third-order valence-electron chi connectivity index (χ3n) is 5.49. The Morgan fingerprint density at radius 2 is 2.12 bits per heavy atom. The molecule has 25 heavy (non-hydrogen) atoms. The molecule has 2 aliphatic carbocycles. The number of nitrogens with zero attached hydrogens (tertiary/aromatic N) is 1. The van der Waals surface area contributed by atoms with E-state index in [1.165, 1.54) is 49.5 Å². The number of carbonyl (C=O) groups excluding carboxylic acids is 1. The maximum Gasteiger partial charge on any atom is 0.338 e. The van der Waals surface area contributed by atoms with E-state index in [0.29, 0.717) is 11.5 Å². The van der Waals surface area contributed by atoms with Crippen LogP contribution >= 0.6 is 0 Å². The number of rotatable bonds is 3. The fourth-order valence-corrected chi connectivity index (χ4v) is 4.27. The van der Waals surface area contributed by atoms with E-state index < -0.39 is 0 Å². The van der Waals surface area contributed by atoms with Gasteiger partial charge in [0.2, 0.25) is 0 Å². The highest BCUT2D eigenvalue weighted by Gasteiger charge is 2.25. The molecule has 2 aliphatic rings. The molecule has 0 spiro atoms. The van der Waals surface area contributed by atoms with E-state index in [9.17, 15) is 4.79 Å². The molecule has 3 nitrogen and oxygen atoms in total. The smallest absolute Gasteiger partial charge is 0.338 e. The van der Waals surface area contributed by atoms with Crippen molar-refractivity contribution in [1.29, 1.82) is 0 Å². The molecular formula is C22H23NO2. The highest BCUT2D eigenvalue weighted by atomic mass is 16.5. The number of esters is 1. The predicted molar refractivity (Wildman–Crippen MR) is 98.6 cm³/mol. The monoisotopic (exact) mass is 333 g/mol. The van der Waals surface area contributed by atoms with Gasteiger partial charge in [-0.1, -0.05) is 36.3 Å². The first-order chi connectivity index (χ1) is 12.3. The minimum atomic E-state index is -0.270. The largest absolute Gasteiger partial charge is 0.465 e. The summed E-state index contributed by atoms with van der Waals surface area (Å²) in [5, 5.41) is 0. The Bertz CT molecular complexity index is 838. The zero-order chi connectivity index (χ0) is 17.2. The number of hydrogen-bond donors (Lipinski definition) is 0. The van der Waals surface area contributed by atoms with Gasteiger partial charge in [-0.2, -0.15) is 0 Å². The maximum absolute atomic E-state index is 12.0. The van der Waals surface area contributed by atoms with Crippen LogP contribution in [0, 0.1) is 0 Å². The van der Waals surface area contributed by atoms with Crippen LogP contribution in [-0.2, 0) is 17.6 Å². The first-order valence-electron chi connectivity index (χ1n) is 9.09. The molecule has 0 saturated heterocycles. The summed E-state index contributed by atoms with van der Waals surface area (Å²) in [5.41, 5.74) is 7.00. The number of allylic oxidation sites excluding steroid dienone is 1. The Labute approximate surface area is 148 Å². The third kappa shape index (κ3) is 3.11. The van der Waals surface area contributed by atoms with Crippen LogP contribution in [0.4, 0.5) is 0 Å². The Hall–Kier alpha value is -2.42. The number of pyridine rings is 1. The number of carbonyl (C=O) groups is 1. The van der Waals surface area contributed by atoms with Crippen molar-refractivity contribution in [3.63, 3.8) is 0 Å². The summed E-state index contributed by atoms with van der Waals surface area (Å²) in [7, 11) is 1.43. The lowest BCUT2D eigenvalue weighted by atomic mass is 9.86. The molecule has 0 bridgehead atoms. The lowest BCUT2D eigenvalue weighted by Gasteiger charge is -2.18. The molecule has 4 rings (SSSR count). The van der Waals surface area contributed by atoms with E-state index in [0.717, 1.165) is 24.1 Å². The second-order valence-corrected chi connectivity index (χ2v) is 7.04. The van der Waals surface area contributed by atoms with Gasteiger partial charge in [-0.3, -0.25) is 4.98 Å². The van der Waals surface area contributed by atoms with Crippen LogP contribution in [0.1, 0.15) is 64.3 Å². The molecule has 0 radical (unpaired) electrons. The van der Waals surface area contributed by atoms with Crippen molar-refractivity contribution in [3.05, 3.63) is 70.0 Å². The van der Waals surface area contributed by atoms with Crippen molar-refractivity contribution in [2.45, 2.75) is 44.4 Å². The maximum atomic E-state index is 12.0. The van der Waals surface area contributed by atoms with Crippen LogP contribution in [-0.4, -0.2) is 18.1 Å². The summed E-state index contributed by atoms with van der Waals surface area (Å²) in [6.07, 6.45) is 10.7. The van der Waals surface area contributed by atoms with Crippen molar-refractivity contribution >= 4 is 12.0 Å². The summed E-state index contributed by atoms with van der Waals surface area (Å²) < 4.78 is 4.92. The van der Waals surface area contributed by atoms with E-state index in [4.69, 9.17) is 4.74 Å². The van der Waals surface area contributed by atoms with Crippen molar-refractivity contribution in [2.24, 2.45) is 0 Å². The summed E-state index contributed by atoms with van der Waals surface area (Å²) in [5.74, 6) is 0.300. The Morgan fingerprint density at radius 3 is 3.00 bits per heavy atom. The first kappa shape index (κ1) is 16.1. The highest BCUT2D eigenvalue weighted by Crippen LogP contribution is 2.38. The van der Waals surface area contributed by atoms with Gasteiger partial charge in [-0.05, 0) is 66.9 Å². The fraction of sp³-hybridized carbons (Fsp3) is 0.364. The van der Waals surface area contributed by atoms with Crippen molar-refractivity contribution < 1.29 is 9.53 Å². The van der Waals surface area contributed by atoms with Gasteiger partial charge < -0.3 is 4.74 Å². The highest BCUT2D eigenvalue weighted by molar-refractivity contribution is 5.92. The SMILES string of the molecule is COC(=O)c1ccnc2c1CC(CC1CCCCc3ccccc31)=C2. The molecule has 128 valence electrons. The van der Waals surface area contributed by atoms with Crippen molar-refractivity contribution in [1.82, 2.24) is 4.98 Å². The lowest BCUT2D eigenvalue weighted by Crippen LogP contribution is -2.07. The van der Waals surface area contributed by atoms with Gasteiger partial charge in [0.25, 0.3) is 0 Å². The molecule has 1 atom stereocenters. The second-order valence-electron chi connectivity index (χ2n) is 7.04. The molecule has 0 aliphatic heterocycles. The van der Waals surface area contributed by atoms with Crippen LogP contribution < -0.4 is 0 Å². The molecule has 2 aromatic rings. The number of benzene rings is 1. The number of methoxy groups -OCH3 is 1. The van der Waals surface area contributed by atoms with E-state index in [-0.39, 0.29) is 5.97 Å². The van der Waals surface area contributed by atoms with Crippen LogP contribution in [0.3, 0.4) is 0 Å². The Balaban J connectivity index is 1.58. The molecule has 1 unspecified atom stereocenters. The summed E-state index contributed by atoms with van der Waals surface area (Å²) in [4.78, 5) is 16.5. The molecule has 1 aromatic heterocycles. The average Bonchev–Trinajstić information content (AvgIpc) is 2.95. The topological polar surface area (TPSA) is 39.2 Å². The predicted octanol–water partition coefficient (Wildman–Crippen LogP) is 4.71. The standard InChI is InChI=1S/C22H23NO2/c1-25-22(24)19-10-11-23-21-14-15(13-20(19)21)12-17-8-3-2-6-16-7-4-5-9-18(16)17/h4-5,7,9-11,14,17H,2-3,6,8,12-13H2,1H3. The molecule has 3 heteroatoms. The summed E-state index contributed by atoms with van der Waals surface area (Å²) in [6.45, 7) is 0. The molecule has 0 fully saturated rings. The van der Waals surface area contributed by atoms with Gasteiger partial charge in [-0.15, -0.1) is 0 Å².